The van der Waals surface area contributed by atoms with Crippen molar-refractivity contribution in [2.24, 2.45) is 5.10 Å². The number of hydrazone groups is 1. The van der Waals surface area contributed by atoms with Crippen molar-refractivity contribution in [1.82, 2.24) is 20.2 Å². The molecule has 0 bridgehead atoms. The summed E-state index contributed by atoms with van der Waals surface area (Å²) in [5.41, 5.74) is 7.20. The summed E-state index contributed by atoms with van der Waals surface area (Å²) >= 11 is 0. The van der Waals surface area contributed by atoms with Crippen LogP contribution in [0.1, 0.15) is 19.4 Å². The van der Waals surface area contributed by atoms with Gasteiger partial charge in [0.2, 0.25) is 0 Å². The SMILES string of the molecule is CCN(CC)c1ccc(/C=N\Nc2nnc3c(n2)[nH]c2ccccc23)c(OC)c1. The molecule has 0 amide bonds. The number of hydrogen-bond acceptors (Lipinski definition) is 7. The number of rotatable bonds is 7. The van der Waals surface area contributed by atoms with Crippen molar-refractivity contribution in [3.8, 4) is 5.75 Å². The number of ether oxygens (including phenoxy) is 1. The number of nitrogens with zero attached hydrogens (tertiary/aromatic N) is 5. The number of nitrogens with one attached hydrogen (secondary N) is 2. The molecule has 29 heavy (non-hydrogen) atoms. The van der Waals surface area contributed by atoms with E-state index in [0.29, 0.717) is 11.6 Å². The molecule has 0 fully saturated rings. The summed E-state index contributed by atoms with van der Waals surface area (Å²) in [6, 6.07) is 14.0. The Morgan fingerprint density at radius 2 is 1.97 bits per heavy atom. The van der Waals surface area contributed by atoms with E-state index in [9.17, 15) is 0 Å². The monoisotopic (exact) mass is 389 g/mol. The smallest absolute Gasteiger partial charge is 0.265 e. The Labute approximate surface area is 168 Å². The molecule has 8 heteroatoms. The lowest BCUT2D eigenvalue weighted by Gasteiger charge is -2.21. The highest BCUT2D eigenvalue weighted by Gasteiger charge is 2.09. The highest BCUT2D eigenvalue weighted by atomic mass is 16.5. The summed E-state index contributed by atoms with van der Waals surface area (Å²) in [4.78, 5) is 9.96. The molecule has 0 saturated heterocycles. The minimum absolute atomic E-state index is 0.319. The van der Waals surface area contributed by atoms with Crippen molar-refractivity contribution < 1.29 is 4.74 Å². The lowest BCUT2D eigenvalue weighted by atomic mass is 10.2. The molecule has 2 aromatic carbocycles. The van der Waals surface area contributed by atoms with E-state index in [4.69, 9.17) is 4.74 Å². The van der Waals surface area contributed by atoms with E-state index >= 15 is 0 Å². The summed E-state index contributed by atoms with van der Waals surface area (Å²) < 4.78 is 5.52. The predicted molar refractivity (Wildman–Crippen MR) is 117 cm³/mol. The molecule has 8 nitrogen and oxygen atoms in total. The normalized spacial score (nSPS) is 11.4. The Morgan fingerprint density at radius 1 is 1.14 bits per heavy atom. The molecule has 2 aromatic heterocycles. The van der Waals surface area contributed by atoms with Gasteiger partial charge in [-0.05, 0) is 32.0 Å². The van der Waals surface area contributed by atoms with Gasteiger partial charge in [-0.2, -0.15) is 10.1 Å². The van der Waals surface area contributed by atoms with Crippen LogP contribution in [0.15, 0.2) is 47.6 Å². The Morgan fingerprint density at radius 3 is 2.76 bits per heavy atom. The fourth-order valence-electron chi connectivity index (χ4n) is 3.32. The molecule has 4 rings (SSSR count). The van der Waals surface area contributed by atoms with Crippen LogP contribution in [0.5, 0.6) is 5.75 Å². The van der Waals surface area contributed by atoms with E-state index in [1.807, 2.05) is 36.4 Å². The maximum absolute atomic E-state index is 5.52. The zero-order chi connectivity index (χ0) is 20.2. The first-order chi connectivity index (χ1) is 14.2. The molecule has 0 radical (unpaired) electrons. The second-order valence-electron chi connectivity index (χ2n) is 6.47. The van der Waals surface area contributed by atoms with Crippen LogP contribution in [0, 0.1) is 0 Å². The van der Waals surface area contributed by atoms with Gasteiger partial charge in [-0.1, -0.05) is 18.2 Å². The maximum atomic E-state index is 5.52. The van der Waals surface area contributed by atoms with Crippen LogP contribution in [0.2, 0.25) is 0 Å². The molecule has 2 heterocycles. The molecule has 0 saturated carbocycles. The van der Waals surface area contributed by atoms with Crippen LogP contribution in [0.3, 0.4) is 0 Å². The van der Waals surface area contributed by atoms with Gasteiger partial charge in [0.25, 0.3) is 5.95 Å². The van der Waals surface area contributed by atoms with Crippen LogP contribution in [-0.2, 0) is 0 Å². The third-order valence-corrected chi connectivity index (χ3v) is 4.84. The molecule has 2 N–H and O–H groups in total. The molecule has 0 spiro atoms. The minimum atomic E-state index is 0.319. The van der Waals surface area contributed by atoms with E-state index < -0.39 is 0 Å². The Hall–Kier alpha value is -3.68. The molecular formula is C21H23N7O. The van der Waals surface area contributed by atoms with Crippen molar-refractivity contribution in [1.29, 1.82) is 0 Å². The number of H-pyrrole nitrogens is 1. The zero-order valence-electron chi connectivity index (χ0n) is 16.7. The van der Waals surface area contributed by atoms with Crippen molar-refractivity contribution >= 4 is 39.9 Å². The van der Waals surface area contributed by atoms with E-state index in [-0.39, 0.29) is 0 Å². The summed E-state index contributed by atoms with van der Waals surface area (Å²) in [5.74, 6) is 1.07. The van der Waals surface area contributed by atoms with Gasteiger partial charge >= 0.3 is 0 Å². The first-order valence-electron chi connectivity index (χ1n) is 9.56. The fraction of sp³-hybridized carbons (Fsp3) is 0.238. The summed E-state index contributed by atoms with van der Waals surface area (Å²) in [7, 11) is 1.66. The van der Waals surface area contributed by atoms with Crippen molar-refractivity contribution in [3.63, 3.8) is 0 Å². The van der Waals surface area contributed by atoms with Gasteiger partial charge in [0.15, 0.2) is 5.65 Å². The summed E-state index contributed by atoms with van der Waals surface area (Å²) in [6.45, 7) is 6.14. The van der Waals surface area contributed by atoms with Gasteiger partial charge in [-0.15, -0.1) is 10.2 Å². The largest absolute Gasteiger partial charge is 0.496 e. The number of para-hydroxylation sites is 1. The van der Waals surface area contributed by atoms with Crippen LogP contribution in [0.25, 0.3) is 22.1 Å². The van der Waals surface area contributed by atoms with E-state index in [2.05, 4.69) is 55.5 Å². The molecule has 0 unspecified atom stereocenters. The molecule has 0 aliphatic rings. The molecule has 148 valence electrons. The standard InChI is InChI=1S/C21H23N7O/c1-4-28(5-2)15-11-10-14(18(12-15)29-3)13-22-26-21-24-20-19(25-27-21)16-8-6-7-9-17(16)23-20/h6-13H,4-5H2,1-3H3,(H2,23,24,26,27)/b22-13-. The molecule has 4 aromatic rings. The van der Waals surface area contributed by atoms with Gasteiger partial charge in [0.05, 0.1) is 13.3 Å². The Kier molecular flexibility index (Phi) is 5.24. The highest BCUT2D eigenvalue weighted by Crippen LogP contribution is 2.25. The Bertz CT molecular complexity index is 1160. The fourth-order valence-corrected chi connectivity index (χ4v) is 3.32. The number of methoxy groups -OCH3 is 1. The molecular weight excluding hydrogens is 366 g/mol. The average molecular weight is 389 g/mol. The second-order valence-corrected chi connectivity index (χ2v) is 6.47. The van der Waals surface area contributed by atoms with Crippen molar-refractivity contribution in [3.05, 3.63) is 48.0 Å². The van der Waals surface area contributed by atoms with Crippen LogP contribution in [-0.4, -0.2) is 46.6 Å². The van der Waals surface area contributed by atoms with Crippen molar-refractivity contribution in [2.45, 2.75) is 13.8 Å². The van der Waals surface area contributed by atoms with E-state index in [1.54, 1.807) is 13.3 Å². The first-order valence-corrected chi connectivity index (χ1v) is 9.56. The highest BCUT2D eigenvalue weighted by molar-refractivity contribution is 6.03. The molecule has 0 aliphatic heterocycles. The van der Waals surface area contributed by atoms with E-state index in [0.717, 1.165) is 46.5 Å². The van der Waals surface area contributed by atoms with Crippen LogP contribution in [0.4, 0.5) is 11.6 Å². The van der Waals surface area contributed by atoms with E-state index in [1.165, 1.54) is 0 Å². The molecule has 0 aliphatic carbocycles. The third-order valence-electron chi connectivity index (χ3n) is 4.84. The summed E-state index contributed by atoms with van der Waals surface area (Å²) in [5, 5.41) is 13.6. The summed E-state index contributed by atoms with van der Waals surface area (Å²) in [6.07, 6.45) is 1.68. The predicted octanol–water partition coefficient (Wildman–Crippen LogP) is 3.81. The van der Waals surface area contributed by atoms with Crippen molar-refractivity contribution in [2.75, 3.05) is 30.5 Å². The third kappa shape index (κ3) is 3.69. The quantitative estimate of drug-likeness (QED) is 0.369. The maximum Gasteiger partial charge on any atom is 0.265 e. The zero-order valence-corrected chi connectivity index (χ0v) is 16.7. The molecule has 0 atom stereocenters. The lowest BCUT2D eigenvalue weighted by molar-refractivity contribution is 0.414. The van der Waals surface area contributed by atoms with Gasteiger partial charge in [0.1, 0.15) is 11.3 Å². The number of aromatic amines is 1. The number of hydrogen-bond donors (Lipinski definition) is 2. The first kappa shape index (κ1) is 18.7. The topological polar surface area (TPSA) is 91.3 Å². The van der Waals surface area contributed by atoms with Crippen LogP contribution < -0.4 is 15.1 Å². The number of aromatic nitrogens is 4. The minimum Gasteiger partial charge on any atom is -0.496 e. The van der Waals surface area contributed by atoms with Gasteiger partial charge in [-0.25, -0.2) is 5.43 Å². The number of anilines is 2. The number of fused-ring (bicyclic) bond motifs is 3. The Balaban J connectivity index is 1.54. The van der Waals surface area contributed by atoms with Gasteiger partial charge in [0, 0.05) is 41.3 Å². The van der Waals surface area contributed by atoms with Crippen LogP contribution >= 0.6 is 0 Å². The van der Waals surface area contributed by atoms with Gasteiger partial charge < -0.3 is 14.6 Å². The average Bonchev–Trinajstić information content (AvgIpc) is 3.13. The number of benzene rings is 2. The lowest BCUT2D eigenvalue weighted by Crippen LogP contribution is -2.21. The second kappa shape index (κ2) is 8.14. The van der Waals surface area contributed by atoms with Gasteiger partial charge in [-0.3, -0.25) is 0 Å².